The molecule has 1 N–H and O–H groups in total. The molecule has 0 radical (unpaired) electrons. The van der Waals surface area contributed by atoms with E-state index in [2.05, 4.69) is 55.3 Å². The van der Waals surface area contributed by atoms with E-state index >= 15 is 0 Å². The topological polar surface area (TPSA) is 15.3 Å². The highest BCUT2D eigenvalue weighted by Crippen LogP contribution is 2.37. The van der Waals surface area contributed by atoms with Gasteiger partial charge in [0.1, 0.15) is 0 Å². The van der Waals surface area contributed by atoms with Gasteiger partial charge >= 0.3 is 0 Å². The van der Waals surface area contributed by atoms with Crippen LogP contribution in [0.4, 0.5) is 0 Å². The largest absolute Gasteiger partial charge is 0.308 e. The number of hydrogen-bond donors (Lipinski definition) is 1. The molecule has 2 nitrogen and oxygen atoms in total. The first-order valence-corrected chi connectivity index (χ1v) is 8.61. The highest BCUT2D eigenvalue weighted by Gasteiger charge is 2.45. The number of hydrogen-bond acceptors (Lipinski definition) is 2. The van der Waals surface area contributed by atoms with Crippen molar-refractivity contribution in [2.24, 2.45) is 0 Å². The van der Waals surface area contributed by atoms with Gasteiger partial charge in [-0.1, -0.05) is 49.6 Å². The molecule has 1 saturated carbocycles. The molecular formula is C19H30N2. The highest BCUT2D eigenvalue weighted by atomic mass is 15.3. The van der Waals surface area contributed by atoms with Gasteiger partial charge in [-0.3, -0.25) is 4.90 Å². The summed E-state index contributed by atoms with van der Waals surface area (Å²) in [4.78, 5) is 2.75. The summed E-state index contributed by atoms with van der Waals surface area (Å²) in [5.74, 6) is 0. The van der Waals surface area contributed by atoms with Crippen molar-refractivity contribution in [2.45, 2.75) is 70.5 Å². The van der Waals surface area contributed by atoms with Gasteiger partial charge in [0.05, 0.1) is 0 Å². The third-order valence-electron chi connectivity index (χ3n) is 5.88. The van der Waals surface area contributed by atoms with Crippen molar-refractivity contribution in [3.05, 3.63) is 35.4 Å². The molecule has 0 amide bonds. The minimum absolute atomic E-state index is 0.289. The van der Waals surface area contributed by atoms with E-state index < -0.39 is 0 Å². The average Bonchev–Trinajstić information content (AvgIpc) is 2.92. The van der Waals surface area contributed by atoms with Crippen LogP contribution in [0.25, 0.3) is 0 Å². The first kappa shape index (κ1) is 15.1. The molecule has 116 valence electrons. The average molecular weight is 286 g/mol. The summed E-state index contributed by atoms with van der Waals surface area (Å²) in [7, 11) is 0. The first-order valence-electron chi connectivity index (χ1n) is 8.61. The lowest BCUT2D eigenvalue weighted by molar-refractivity contribution is 0.00778. The molecule has 0 aromatic heterocycles. The smallest absolute Gasteiger partial charge is 0.0309 e. The van der Waals surface area contributed by atoms with Crippen LogP contribution in [0, 0.1) is 6.92 Å². The van der Waals surface area contributed by atoms with E-state index in [9.17, 15) is 0 Å². The molecule has 3 rings (SSSR count). The molecule has 1 saturated heterocycles. The molecule has 0 bridgehead atoms. The van der Waals surface area contributed by atoms with Gasteiger partial charge in [0.25, 0.3) is 0 Å². The molecule has 2 heteroatoms. The molecule has 1 unspecified atom stereocenters. The molecule has 1 spiro atoms. The predicted molar refractivity (Wildman–Crippen MR) is 89.5 cm³/mol. The summed E-state index contributed by atoms with van der Waals surface area (Å²) in [6.45, 7) is 10.4. The minimum atomic E-state index is 0.289. The van der Waals surface area contributed by atoms with Crippen molar-refractivity contribution in [1.82, 2.24) is 10.2 Å². The molecule has 1 heterocycles. The van der Waals surface area contributed by atoms with Crippen molar-refractivity contribution in [3.8, 4) is 0 Å². The van der Waals surface area contributed by atoms with Crippen LogP contribution < -0.4 is 5.32 Å². The second-order valence-electron chi connectivity index (χ2n) is 7.54. The summed E-state index contributed by atoms with van der Waals surface area (Å²) in [6, 6.07) is 9.02. The van der Waals surface area contributed by atoms with Gasteiger partial charge in [0.15, 0.2) is 0 Å². The van der Waals surface area contributed by atoms with E-state index in [1.165, 1.54) is 49.8 Å². The summed E-state index contributed by atoms with van der Waals surface area (Å²) >= 11 is 0. The Labute approximate surface area is 129 Å². The van der Waals surface area contributed by atoms with E-state index in [0.29, 0.717) is 5.54 Å². The van der Waals surface area contributed by atoms with Crippen LogP contribution >= 0.6 is 0 Å². The molecule has 1 aromatic rings. The summed E-state index contributed by atoms with van der Waals surface area (Å²) in [6.07, 6.45) is 6.72. The Hall–Kier alpha value is -0.860. The summed E-state index contributed by atoms with van der Waals surface area (Å²) in [5, 5.41) is 3.92. The van der Waals surface area contributed by atoms with E-state index in [1.807, 2.05) is 0 Å². The van der Waals surface area contributed by atoms with Crippen LogP contribution in [0.1, 0.15) is 57.1 Å². The second-order valence-corrected chi connectivity index (χ2v) is 7.54. The zero-order chi connectivity index (χ0) is 14.9. The molecule has 2 fully saturated rings. The quantitative estimate of drug-likeness (QED) is 0.907. The Balaban J connectivity index is 1.80. The third kappa shape index (κ3) is 3.02. The van der Waals surface area contributed by atoms with Gasteiger partial charge in [0, 0.05) is 30.7 Å². The van der Waals surface area contributed by atoms with Gasteiger partial charge in [-0.05, 0) is 38.7 Å². The van der Waals surface area contributed by atoms with Crippen LogP contribution in [0.2, 0.25) is 0 Å². The number of nitrogens with one attached hydrogen (secondary N) is 1. The Bertz CT molecular complexity index is 490. The fraction of sp³-hybridized carbons (Fsp3) is 0.684. The maximum Gasteiger partial charge on any atom is 0.0309 e. The number of nitrogens with zero attached hydrogens (tertiary/aromatic N) is 1. The number of piperazine rings is 1. The highest BCUT2D eigenvalue weighted by molar-refractivity contribution is 5.23. The fourth-order valence-corrected chi connectivity index (χ4v) is 4.11. The zero-order valence-corrected chi connectivity index (χ0v) is 13.9. The van der Waals surface area contributed by atoms with E-state index in [4.69, 9.17) is 0 Å². The van der Waals surface area contributed by atoms with Crippen LogP contribution in [-0.4, -0.2) is 29.1 Å². The lowest BCUT2D eigenvalue weighted by Gasteiger charge is -2.52. The van der Waals surface area contributed by atoms with Crippen molar-refractivity contribution in [3.63, 3.8) is 0 Å². The van der Waals surface area contributed by atoms with Crippen molar-refractivity contribution in [2.75, 3.05) is 13.1 Å². The van der Waals surface area contributed by atoms with Crippen LogP contribution in [-0.2, 0) is 6.54 Å². The minimum Gasteiger partial charge on any atom is -0.308 e. The molecule has 2 aliphatic rings. The van der Waals surface area contributed by atoms with Crippen LogP contribution in [0.3, 0.4) is 0 Å². The van der Waals surface area contributed by atoms with E-state index in [0.717, 1.165) is 13.1 Å². The van der Waals surface area contributed by atoms with E-state index in [-0.39, 0.29) is 5.54 Å². The maximum absolute atomic E-state index is 3.92. The fourth-order valence-electron chi connectivity index (χ4n) is 4.11. The molecular weight excluding hydrogens is 256 g/mol. The molecule has 1 aromatic carbocycles. The van der Waals surface area contributed by atoms with Crippen LogP contribution in [0.15, 0.2) is 24.3 Å². The summed E-state index contributed by atoms with van der Waals surface area (Å²) < 4.78 is 0. The first-order chi connectivity index (χ1) is 10.1. The Kier molecular flexibility index (Phi) is 4.11. The number of rotatable bonds is 3. The normalized spacial score (nSPS) is 29.1. The SMILES string of the molecule is CCC1(C)CNC2(CCCC2)CN1Cc1cccc(C)c1. The van der Waals surface area contributed by atoms with Gasteiger partial charge in [-0.2, -0.15) is 0 Å². The predicted octanol–water partition coefficient (Wildman–Crippen LogP) is 3.88. The van der Waals surface area contributed by atoms with Crippen LogP contribution in [0.5, 0.6) is 0 Å². The number of aryl methyl sites for hydroxylation is 1. The zero-order valence-electron chi connectivity index (χ0n) is 13.9. The molecule has 21 heavy (non-hydrogen) atoms. The lowest BCUT2D eigenvalue weighted by Crippen LogP contribution is -2.67. The Morgan fingerprint density at radius 2 is 2.00 bits per heavy atom. The molecule has 1 aliphatic heterocycles. The monoisotopic (exact) mass is 286 g/mol. The van der Waals surface area contributed by atoms with E-state index in [1.54, 1.807) is 0 Å². The second kappa shape index (κ2) is 5.73. The van der Waals surface area contributed by atoms with Gasteiger partial charge in [0.2, 0.25) is 0 Å². The summed E-state index contributed by atoms with van der Waals surface area (Å²) in [5.41, 5.74) is 3.52. The van der Waals surface area contributed by atoms with Crippen molar-refractivity contribution < 1.29 is 0 Å². The van der Waals surface area contributed by atoms with Crippen molar-refractivity contribution >= 4 is 0 Å². The third-order valence-corrected chi connectivity index (χ3v) is 5.88. The Morgan fingerprint density at radius 3 is 2.67 bits per heavy atom. The maximum atomic E-state index is 3.92. The van der Waals surface area contributed by atoms with Crippen molar-refractivity contribution in [1.29, 1.82) is 0 Å². The van der Waals surface area contributed by atoms with Gasteiger partial charge in [-0.15, -0.1) is 0 Å². The molecule has 1 atom stereocenters. The molecule has 1 aliphatic carbocycles. The number of benzene rings is 1. The van der Waals surface area contributed by atoms with Gasteiger partial charge < -0.3 is 5.32 Å². The standard InChI is InChI=1S/C19H30N2/c1-4-18(3)14-20-19(10-5-6-11-19)15-21(18)13-17-9-7-8-16(2)12-17/h7-9,12,20H,4-6,10-11,13-15H2,1-3H3. The van der Waals surface area contributed by atoms with Gasteiger partial charge in [-0.25, -0.2) is 0 Å². The lowest BCUT2D eigenvalue weighted by atomic mass is 9.84. The Morgan fingerprint density at radius 1 is 1.24 bits per heavy atom.